The summed E-state index contributed by atoms with van der Waals surface area (Å²) in [6.07, 6.45) is 1.75. The molecule has 1 heterocycles. The fourth-order valence-corrected chi connectivity index (χ4v) is 2.34. The molecule has 0 amide bonds. The molecule has 0 saturated heterocycles. The SMILES string of the molecule is Cc1cc(C)cc(N(C)c2ncc(Br)cc2N)c1. The van der Waals surface area contributed by atoms with Gasteiger partial charge >= 0.3 is 0 Å². The molecule has 0 aliphatic carbocycles. The molecule has 0 aliphatic heterocycles. The van der Waals surface area contributed by atoms with Gasteiger partial charge in [0.25, 0.3) is 0 Å². The summed E-state index contributed by atoms with van der Waals surface area (Å²) in [6, 6.07) is 8.25. The molecular formula is C14H16BrN3. The van der Waals surface area contributed by atoms with Crippen molar-refractivity contribution in [2.45, 2.75) is 13.8 Å². The third-order valence-corrected chi connectivity index (χ3v) is 3.21. The minimum atomic E-state index is 0.658. The van der Waals surface area contributed by atoms with Crippen LogP contribution in [0.15, 0.2) is 34.9 Å². The van der Waals surface area contributed by atoms with Gasteiger partial charge in [0.15, 0.2) is 5.82 Å². The first-order valence-corrected chi connectivity index (χ1v) is 6.49. The highest BCUT2D eigenvalue weighted by atomic mass is 79.9. The second-order valence-electron chi connectivity index (χ2n) is 4.47. The van der Waals surface area contributed by atoms with Crippen molar-refractivity contribution in [2.24, 2.45) is 0 Å². The Morgan fingerprint density at radius 1 is 1.11 bits per heavy atom. The first-order chi connectivity index (χ1) is 8.47. The number of aromatic nitrogens is 1. The van der Waals surface area contributed by atoms with E-state index in [4.69, 9.17) is 5.73 Å². The van der Waals surface area contributed by atoms with Crippen molar-refractivity contribution >= 4 is 33.1 Å². The van der Waals surface area contributed by atoms with Gasteiger partial charge in [0.2, 0.25) is 0 Å². The number of rotatable bonds is 2. The van der Waals surface area contributed by atoms with Gasteiger partial charge in [-0.15, -0.1) is 0 Å². The van der Waals surface area contributed by atoms with E-state index in [1.807, 2.05) is 18.0 Å². The summed E-state index contributed by atoms with van der Waals surface area (Å²) in [6.45, 7) is 4.17. The molecule has 0 aliphatic rings. The number of hydrogen-bond acceptors (Lipinski definition) is 3. The summed E-state index contributed by atoms with van der Waals surface area (Å²) < 4.78 is 0.887. The minimum absolute atomic E-state index is 0.658. The van der Waals surface area contributed by atoms with Crippen LogP contribution in [0, 0.1) is 13.8 Å². The van der Waals surface area contributed by atoms with Crippen molar-refractivity contribution in [3.63, 3.8) is 0 Å². The molecule has 2 aromatic rings. The van der Waals surface area contributed by atoms with Crippen LogP contribution in [0.3, 0.4) is 0 Å². The summed E-state index contributed by atoms with van der Waals surface area (Å²) in [4.78, 5) is 6.37. The largest absolute Gasteiger partial charge is 0.396 e. The fourth-order valence-electron chi connectivity index (χ4n) is 1.99. The molecular weight excluding hydrogens is 290 g/mol. The summed E-state index contributed by atoms with van der Waals surface area (Å²) >= 11 is 3.36. The van der Waals surface area contributed by atoms with Crippen LogP contribution in [0.25, 0.3) is 0 Å². The smallest absolute Gasteiger partial charge is 0.156 e. The van der Waals surface area contributed by atoms with Gasteiger partial charge in [0.05, 0.1) is 5.69 Å². The average molecular weight is 306 g/mol. The van der Waals surface area contributed by atoms with Gasteiger partial charge in [-0.25, -0.2) is 4.98 Å². The van der Waals surface area contributed by atoms with Crippen molar-refractivity contribution in [1.82, 2.24) is 4.98 Å². The van der Waals surface area contributed by atoms with Crippen molar-refractivity contribution < 1.29 is 0 Å². The number of hydrogen-bond donors (Lipinski definition) is 1. The van der Waals surface area contributed by atoms with Gasteiger partial charge in [-0.2, -0.15) is 0 Å². The van der Waals surface area contributed by atoms with Gasteiger partial charge in [0.1, 0.15) is 0 Å². The van der Waals surface area contributed by atoms with E-state index in [9.17, 15) is 0 Å². The lowest BCUT2D eigenvalue weighted by Crippen LogP contribution is -2.13. The number of pyridine rings is 1. The number of anilines is 3. The number of halogens is 1. The van der Waals surface area contributed by atoms with Gasteiger partial charge in [-0.3, -0.25) is 0 Å². The zero-order valence-electron chi connectivity index (χ0n) is 10.7. The molecule has 0 unspecified atom stereocenters. The minimum Gasteiger partial charge on any atom is -0.396 e. The maximum absolute atomic E-state index is 6.00. The molecule has 4 heteroatoms. The van der Waals surface area contributed by atoms with Crippen molar-refractivity contribution in [3.8, 4) is 0 Å². The predicted molar refractivity (Wildman–Crippen MR) is 80.3 cm³/mol. The molecule has 0 bridgehead atoms. The summed E-state index contributed by atoms with van der Waals surface area (Å²) in [5.74, 6) is 0.767. The molecule has 0 saturated carbocycles. The number of nitrogens with two attached hydrogens (primary N) is 1. The maximum Gasteiger partial charge on any atom is 0.156 e. The van der Waals surface area contributed by atoms with Crippen LogP contribution in [0.5, 0.6) is 0 Å². The van der Waals surface area contributed by atoms with E-state index < -0.39 is 0 Å². The zero-order valence-corrected chi connectivity index (χ0v) is 12.3. The fraction of sp³-hybridized carbons (Fsp3) is 0.214. The van der Waals surface area contributed by atoms with E-state index in [-0.39, 0.29) is 0 Å². The van der Waals surface area contributed by atoms with E-state index in [0.29, 0.717) is 5.69 Å². The van der Waals surface area contributed by atoms with E-state index in [2.05, 4.69) is 53.0 Å². The van der Waals surface area contributed by atoms with Gasteiger partial charge in [0, 0.05) is 23.4 Å². The molecule has 2 N–H and O–H groups in total. The topological polar surface area (TPSA) is 42.2 Å². The van der Waals surface area contributed by atoms with Gasteiger partial charge < -0.3 is 10.6 Å². The molecule has 2 rings (SSSR count). The van der Waals surface area contributed by atoms with Crippen LogP contribution in [-0.2, 0) is 0 Å². The highest BCUT2D eigenvalue weighted by Crippen LogP contribution is 2.29. The van der Waals surface area contributed by atoms with E-state index >= 15 is 0 Å². The van der Waals surface area contributed by atoms with Gasteiger partial charge in [-0.05, 0) is 59.1 Å². The van der Waals surface area contributed by atoms with Crippen molar-refractivity contribution in [2.75, 3.05) is 17.7 Å². The molecule has 1 aromatic carbocycles. The predicted octanol–water partition coefficient (Wildman–Crippen LogP) is 3.81. The van der Waals surface area contributed by atoms with E-state index in [0.717, 1.165) is 16.0 Å². The second-order valence-corrected chi connectivity index (χ2v) is 5.39. The molecule has 3 nitrogen and oxygen atoms in total. The summed E-state index contributed by atoms with van der Waals surface area (Å²) in [5.41, 5.74) is 10.2. The van der Waals surface area contributed by atoms with Crippen LogP contribution >= 0.6 is 15.9 Å². The number of nitrogens with zero attached hydrogens (tertiary/aromatic N) is 2. The quantitative estimate of drug-likeness (QED) is 0.917. The average Bonchev–Trinajstić information content (AvgIpc) is 2.26. The third kappa shape index (κ3) is 2.64. The Hall–Kier alpha value is -1.55. The Balaban J connectivity index is 2.44. The lowest BCUT2D eigenvalue weighted by atomic mass is 10.1. The molecule has 0 atom stereocenters. The van der Waals surface area contributed by atoms with Gasteiger partial charge in [-0.1, -0.05) is 6.07 Å². The standard InChI is InChI=1S/C14H16BrN3/c1-9-4-10(2)6-12(5-9)18(3)14-13(16)7-11(15)8-17-14/h4-8H,16H2,1-3H3. The summed E-state index contributed by atoms with van der Waals surface area (Å²) in [5, 5.41) is 0. The van der Waals surface area contributed by atoms with Crippen LogP contribution in [0.2, 0.25) is 0 Å². The van der Waals surface area contributed by atoms with E-state index in [1.54, 1.807) is 6.20 Å². The Morgan fingerprint density at radius 3 is 2.28 bits per heavy atom. The van der Waals surface area contributed by atoms with E-state index in [1.165, 1.54) is 11.1 Å². The molecule has 18 heavy (non-hydrogen) atoms. The van der Waals surface area contributed by atoms with Crippen molar-refractivity contribution in [3.05, 3.63) is 46.1 Å². The highest BCUT2D eigenvalue weighted by molar-refractivity contribution is 9.10. The Kier molecular flexibility index (Phi) is 3.57. The van der Waals surface area contributed by atoms with Crippen LogP contribution in [-0.4, -0.2) is 12.0 Å². The van der Waals surface area contributed by atoms with Crippen molar-refractivity contribution in [1.29, 1.82) is 0 Å². The Morgan fingerprint density at radius 2 is 1.72 bits per heavy atom. The summed E-state index contributed by atoms with van der Waals surface area (Å²) in [7, 11) is 1.97. The molecule has 1 aromatic heterocycles. The highest BCUT2D eigenvalue weighted by Gasteiger charge is 2.10. The number of nitrogen functional groups attached to an aromatic ring is 1. The zero-order chi connectivity index (χ0) is 13.3. The molecule has 0 fully saturated rings. The molecule has 0 spiro atoms. The Bertz CT molecular complexity index is 561. The molecule has 94 valence electrons. The Labute approximate surface area is 116 Å². The van der Waals surface area contributed by atoms with Crippen LogP contribution in [0.1, 0.15) is 11.1 Å². The lowest BCUT2D eigenvalue weighted by molar-refractivity contribution is 1.12. The normalized spacial score (nSPS) is 10.4. The van der Waals surface area contributed by atoms with Crippen LogP contribution in [0.4, 0.5) is 17.2 Å². The monoisotopic (exact) mass is 305 g/mol. The first kappa shape index (κ1) is 12.9. The van der Waals surface area contributed by atoms with Crippen LogP contribution < -0.4 is 10.6 Å². The second kappa shape index (κ2) is 4.98. The maximum atomic E-state index is 6.00. The number of aryl methyl sites for hydroxylation is 2. The third-order valence-electron chi connectivity index (χ3n) is 2.77. The molecule has 0 radical (unpaired) electrons. The lowest BCUT2D eigenvalue weighted by Gasteiger charge is -2.21. The first-order valence-electron chi connectivity index (χ1n) is 5.70. The number of benzene rings is 1.